The quantitative estimate of drug-likeness (QED) is 0.522. The molecule has 0 spiro atoms. The molecule has 0 saturated carbocycles. The molecule has 0 N–H and O–H groups in total. The normalized spacial score (nSPS) is 17.4. The smallest absolute Gasteiger partial charge is 0.334 e. The van der Waals surface area contributed by atoms with E-state index < -0.39 is 0 Å². The molecule has 0 aromatic heterocycles. The fourth-order valence-corrected chi connectivity index (χ4v) is 3.02. The van der Waals surface area contributed by atoms with Gasteiger partial charge in [-0.3, -0.25) is 0 Å². The van der Waals surface area contributed by atoms with Crippen LogP contribution in [0.5, 0.6) is 5.75 Å². The van der Waals surface area contributed by atoms with Gasteiger partial charge in [0.1, 0.15) is 5.75 Å². The number of benzene rings is 2. The van der Waals surface area contributed by atoms with Crippen LogP contribution in [0.4, 0.5) is 0 Å². The molecular weight excluding hydrogens is 340 g/mol. The summed E-state index contributed by atoms with van der Waals surface area (Å²) in [6.07, 6.45) is 5.41. The predicted molar refractivity (Wildman–Crippen MR) is 105 cm³/mol. The van der Waals surface area contributed by atoms with E-state index >= 15 is 0 Å². The van der Waals surface area contributed by atoms with Crippen molar-refractivity contribution in [1.29, 1.82) is 0 Å². The lowest BCUT2D eigenvalue weighted by atomic mass is 10.0. The molecule has 1 heterocycles. The molecule has 1 saturated heterocycles. The fourth-order valence-electron chi connectivity index (χ4n) is 3.02. The summed E-state index contributed by atoms with van der Waals surface area (Å²) in [5.74, 6) is 0.497. The number of esters is 1. The molecule has 1 fully saturated rings. The van der Waals surface area contributed by atoms with E-state index in [-0.39, 0.29) is 12.3 Å². The van der Waals surface area contributed by atoms with Crippen molar-refractivity contribution in [3.05, 3.63) is 71.3 Å². The summed E-state index contributed by atoms with van der Waals surface area (Å²) in [4.78, 5) is 12.3. The molecule has 0 amide bonds. The molecule has 0 bridgehead atoms. The minimum atomic E-state index is -0.280. The van der Waals surface area contributed by atoms with Gasteiger partial charge < -0.3 is 14.2 Å². The second-order valence-corrected chi connectivity index (χ2v) is 6.54. The van der Waals surface area contributed by atoms with Crippen LogP contribution in [0.3, 0.4) is 0 Å². The van der Waals surface area contributed by atoms with Gasteiger partial charge in [0.05, 0.1) is 13.2 Å². The van der Waals surface area contributed by atoms with E-state index in [9.17, 15) is 4.79 Å². The van der Waals surface area contributed by atoms with Gasteiger partial charge in [0.15, 0.2) is 6.29 Å². The van der Waals surface area contributed by atoms with Gasteiger partial charge in [-0.1, -0.05) is 42.5 Å². The third-order valence-corrected chi connectivity index (χ3v) is 4.40. The van der Waals surface area contributed by atoms with Gasteiger partial charge in [-0.25, -0.2) is 4.79 Å². The van der Waals surface area contributed by atoms with Gasteiger partial charge >= 0.3 is 5.97 Å². The molecule has 1 atom stereocenters. The first-order valence-electron chi connectivity index (χ1n) is 9.54. The highest BCUT2D eigenvalue weighted by molar-refractivity contribution is 5.94. The second kappa shape index (κ2) is 9.93. The molecule has 1 aliphatic rings. The van der Waals surface area contributed by atoms with Gasteiger partial charge in [0.25, 0.3) is 0 Å². The molecule has 0 radical (unpaired) electrons. The van der Waals surface area contributed by atoms with Crippen LogP contribution in [-0.4, -0.2) is 25.5 Å². The molecule has 1 unspecified atom stereocenters. The molecule has 4 nitrogen and oxygen atoms in total. The topological polar surface area (TPSA) is 44.8 Å². The Morgan fingerprint density at radius 2 is 1.89 bits per heavy atom. The third kappa shape index (κ3) is 5.97. The molecular formula is C23H26O4. The number of hydrogen-bond acceptors (Lipinski definition) is 4. The molecule has 3 rings (SSSR count). The molecule has 2 aromatic rings. The van der Waals surface area contributed by atoms with Crippen LogP contribution < -0.4 is 4.74 Å². The summed E-state index contributed by atoms with van der Waals surface area (Å²) in [5.41, 5.74) is 2.64. The largest absolute Gasteiger partial charge is 0.465 e. The van der Waals surface area contributed by atoms with Crippen LogP contribution in [-0.2, 0) is 20.7 Å². The summed E-state index contributed by atoms with van der Waals surface area (Å²) in [5, 5.41) is 0. The van der Waals surface area contributed by atoms with Gasteiger partial charge in [-0.15, -0.1) is 0 Å². The van der Waals surface area contributed by atoms with E-state index in [0.717, 1.165) is 42.7 Å². The van der Waals surface area contributed by atoms with Crippen LogP contribution in [0.15, 0.2) is 60.2 Å². The fraction of sp³-hybridized carbons (Fsp3) is 0.348. The highest BCUT2D eigenvalue weighted by Gasteiger charge is 2.15. The Kier molecular flexibility index (Phi) is 7.05. The zero-order chi connectivity index (χ0) is 18.9. The SMILES string of the molecule is CCOC(=O)C(=Cc1ccc(OC2CCCCO2)cc1)Cc1ccccc1. The van der Waals surface area contributed by atoms with Gasteiger partial charge in [-0.05, 0) is 49.1 Å². The van der Waals surface area contributed by atoms with Crippen LogP contribution in [0.1, 0.15) is 37.3 Å². The van der Waals surface area contributed by atoms with E-state index in [1.165, 1.54) is 0 Å². The van der Waals surface area contributed by atoms with E-state index in [1.807, 2.05) is 67.6 Å². The van der Waals surface area contributed by atoms with Crippen molar-refractivity contribution in [2.24, 2.45) is 0 Å². The highest BCUT2D eigenvalue weighted by Crippen LogP contribution is 2.21. The first-order valence-corrected chi connectivity index (χ1v) is 9.54. The van der Waals surface area contributed by atoms with Crippen molar-refractivity contribution in [3.63, 3.8) is 0 Å². The molecule has 27 heavy (non-hydrogen) atoms. The number of carbonyl (C=O) groups is 1. The van der Waals surface area contributed by atoms with Crippen molar-refractivity contribution in [2.75, 3.05) is 13.2 Å². The number of hydrogen-bond donors (Lipinski definition) is 0. The number of carbonyl (C=O) groups excluding carboxylic acids is 1. The Labute approximate surface area is 160 Å². The Morgan fingerprint density at radius 1 is 1.11 bits per heavy atom. The highest BCUT2D eigenvalue weighted by atomic mass is 16.7. The summed E-state index contributed by atoms with van der Waals surface area (Å²) in [6.45, 7) is 2.94. The van der Waals surface area contributed by atoms with Crippen molar-refractivity contribution >= 4 is 12.0 Å². The number of rotatable bonds is 7. The molecule has 4 heteroatoms. The van der Waals surface area contributed by atoms with Gasteiger partial charge in [0, 0.05) is 18.4 Å². The predicted octanol–water partition coefficient (Wildman–Crippen LogP) is 4.78. The Hall–Kier alpha value is -2.59. The lowest BCUT2D eigenvalue weighted by Gasteiger charge is -2.23. The Morgan fingerprint density at radius 3 is 2.56 bits per heavy atom. The first kappa shape index (κ1) is 19.2. The minimum absolute atomic E-state index is 0.159. The maximum absolute atomic E-state index is 12.3. The lowest BCUT2D eigenvalue weighted by molar-refractivity contribution is -0.138. The second-order valence-electron chi connectivity index (χ2n) is 6.54. The van der Waals surface area contributed by atoms with E-state index in [2.05, 4.69) is 0 Å². The Bertz CT molecular complexity index is 744. The lowest BCUT2D eigenvalue weighted by Crippen LogP contribution is -2.24. The average molecular weight is 366 g/mol. The zero-order valence-corrected chi connectivity index (χ0v) is 15.7. The van der Waals surface area contributed by atoms with Gasteiger partial charge in [0.2, 0.25) is 0 Å². The van der Waals surface area contributed by atoms with Crippen LogP contribution in [0.2, 0.25) is 0 Å². The van der Waals surface area contributed by atoms with Crippen LogP contribution in [0, 0.1) is 0 Å². The van der Waals surface area contributed by atoms with Crippen molar-refractivity contribution < 1.29 is 19.0 Å². The van der Waals surface area contributed by atoms with E-state index in [1.54, 1.807) is 0 Å². The van der Waals surface area contributed by atoms with Crippen molar-refractivity contribution in [1.82, 2.24) is 0 Å². The maximum Gasteiger partial charge on any atom is 0.334 e. The first-order chi connectivity index (χ1) is 13.2. The van der Waals surface area contributed by atoms with E-state index in [4.69, 9.17) is 14.2 Å². The third-order valence-electron chi connectivity index (χ3n) is 4.40. The van der Waals surface area contributed by atoms with Crippen LogP contribution in [0.25, 0.3) is 6.08 Å². The van der Waals surface area contributed by atoms with E-state index in [0.29, 0.717) is 18.6 Å². The summed E-state index contributed by atoms with van der Waals surface area (Å²) in [7, 11) is 0. The average Bonchev–Trinajstić information content (AvgIpc) is 2.71. The monoisotopic (exact) mass is 366 g/mol. The Balaban J connectivity index is 1.72. The summed E-state index contributed by atoms with van der Waals surface area (Å²) < 4.78 is 16.7. The molecule has 2 aromatic carbocycles. The van der Waals surface area contributed by atoms with Crippen LogP contribution >= 0.6 is 0 Å². The summed E-state index contributed by atoms with van der Waals surface area (Å²) >= 11 is 0. The zero-order valence-electron chi connectivity index (χ0n) is 15.7. The molecule has 1 aliphatic heterocycles. The van der Waals surface area contributed by atoms with Crippen molar-refractivity contribution in [3.8, 4) is 5.75 Å². The van der Waals surface area contributed by atoms with Crippen molar-refractivity contribution in [2.45, 2.75) is 38.9 Å². The molecule has 142 valence electrons. The minimum Gasteiger partial charge on any atom is -0.465 e. The standard InChI is InChI=1S/C23H26O4/c1-2-25-23(24)20(16-18-8-4-3-5-9-18)17-19-11-13-21(14-12-19)27-22-10-6-7-15-26-22/h3-5,8-9,11-14,17,22H,2,6-7,10,15-16H2,1H3. The summed E-state index contributed by atoms with van der Waals surface area (Å²) in [6, 6.07) is 17.6. The maximum atomic E-state index is 12.3. The number of ether oxygens (including phenoxy) is 3. The van der Waals surface area contributed by atoms with Gasteiger partial charge in [-0.2, -0.15) is 0 Å². The molecule has 0 aliphatic carbocycles.